The van der Waals surface area contributed by atoms with Crippen LogP contribution in [0.25, 0.3) is 0 Å². The molecule has 4 N–H and O–H groups in total. The van der Waals surface area contributed by atoms with Crippen molar-refractivity contribution in [3.8, 4) is 0 Å². The summed E-state index contributed by atoms with van der Waals surface area (Å²) in [5, 5.41) is 11.8. The molecule has 1 aromatic rings. The normalized spacial score (nSPS) is 11.9. The molecule has 0 saturated carbocycles. The van der Waals surface area contributed by atoms with Gasteiger partial charge < -0.3 is 16.2 Å². The molecule has 0 aliphatic rings. The fraction of sp³-hybridized carbons (Fsp3) is 0.429. The molecule has 1 atom stereocenters. The van der Waals surface area contributed by atoms with Crippen LogP contribution >= 0.6 is 0 Å². The molecule has 0 aliphatic heterocycles. The molecule has 1 unspecified atom stereocenters. The minimum absolute atomic E-state index is 0.136. The zero-order valence-corrected chi connectivity index (χ0v) is 11.3. The molecule has 104 valence electrons. The number of benzene rings is 1. The second kappa shape index (κ2) is 6.89. The lowest BCUT2D eigenvalue weighted by molar-refractivity contribution is -0.117. The summed E-state index contributed by atoms with van der Waals surface area (Å²) < 4.78 is 0. The number of carboxylic acid groups (broad SMARTS) is 1. The molecule has 0 fully saturated rings. The van der Waals surface area contributed by atoms with Gasteiger partial charge in [0.05, 0.1) is 5.56 Å². The summed E-state index contributed by atoms with van der Waals surface area (Å²) >= 11 is 0. The lowest BCUT2D eigenvalue weighted by atomic mass is 10.0. The number of carboxylic acids is 1. The molecule has 1 aromatic carbocycles. The highest BCUT2D eigenvalue weighted by Crippen LogP contribution is 2.19. The molecule has 5 nitrogen and oxygen atoms in total. The van der Waals surface area contributed by atoms with Gasteiger partial charge in [-0.25, -0.2) is 4.79 Å². The number of nitrogens with one attached hydrogen (secondary N) is 1. The van der Waals surface area contributed by atoms with Crippen LogP contribution in [0.2, 0.25) is 0 Å². The first-order chi connectivity index (χ1) is 8.99. The van der Waals surface area contributed by atoms with Gasteiger partial charge in [-0.1, -0.05) is 19.4 Å². The zero-order valence-electron chi connectivity index (χ0n) is 11.3. The minimum atomic E-state index is -0.998. The Morgan fingerprint density at radius 2 is 2.11 bits per heavy atom. The maximum atomic E-state index is 11.9. The van der Waals surface area contributed by atoms with Gasteiger partial charge in [0.1, 0.15) is 0 Å². The van der Waals surface area contributed by atoms with E-state index in [2.05, 4.69) is 5.32 Å². The van der Waals surface area contributed by atoms with Crippen molar-refractivity contribution in [3.05, 3.63) is 29.3 Å². The molecule has 19 heavy (non-hydrogen) atoms. The molecular weight excluding hydrogens is 244 g/mol. The van der Waals surface area contributed by atoms with E-state index in [0.717, 1.165) is 6.42 Å². The Morgan fingerprint density at radius 1 is 1.42 bits per heavy atom. The van der Waals surface area contributed by atoms with E-state index < -0.39 is 5.97 Å². The SMILES string of the molecule is CCC(CN)CC(=O)Nc1cccc(C(=O)O)c1C. The van der Waals surface area contributed by atoms with Crippen LogP contribution in [0.5, 0.6) is 0 Å². The van der Waals surface area contributed by atoms with E-state index in [9.17, 15) is 9.59 Å². The first kappa shape index (κ1) is 15.2. The van der Waals surface area contributed by atoms with E-state index in [-0.39, 0.29) is 17.4 Å². The van der Waals surface area contributed by atoms with Gasteiger partial charge in [0.25, 0.3) is 0 Å². The first-order valence-electron chi connectivity index (χ1n) is 6.32. The lowest BCUT2D eigenvalue weighted by Gasteiger charge is -2.14. The third-order valence-corrected chi connectivity index (χ3v) is 3.22. The van der Waals surface area contributed by atoms with Gasteiger partial charge in [0, 0.05) is 12.1 Å². The zero-order chi connectivity index (χ0) is 14.4. The van der Waals surface area contributed by atoms with Crippen LogP contribution < -0.4 is 11.1 Å². The average molecular weight is 264 g/mol. The summed E-state index contributed by atoms with van der Waals surface area (Å²) in [6.07, 6.45) is 1.20. The van der Waals surface area contributed by atoms with Crippen molar-refractivity contribution in [2.45, 2.75) is 26.7 Å². The number of anilines is 1. The highest BCUT2D eigenvalue weighted by atomic mass is 16.4. The van der Waals surface area contributed by atoms with Gasteiger partial charge in [0.2, 0.25) is 5.91 Å². The standard InChI is InChI=1S/C14H20N2O3/c1-3-10(8-15)7-13(17)16-12-6-4-5-11(9(12)2)14(18)19/h4-6,10H,3,7-8,15H2,1-2H3,(H,16,17)(H,18,19). The van der Waals surface area contributed by atoms with Gasteiger partial charge in [-0.05, 0) is 37.1 Å². The maximum absolute atomic E-state index is 11.9. The summed E-state index contributed by atoms with van der Waals surface area (Å²) in [4.78, 5) is 22.9. The number of carbonyl (C=O) groups excluding carboxylic acids is 1. The maximum Gasteiger partial charge on any atom is 0.336 e. The van der Waals surface area contributed by atoms with Crippen LogP contribution in [0.4, 0.5) is 5.69 Å². The smallest absolute Gasteiger partial charge is 0.336 e. The molecule has 0 radical (unpaired) electrons. The molecule has 1 amide bonds. The molecule has 0 spiro atoms. The number of nitrogens with two attached hydrogens (primary N) is 1. The third kappa shape index (κ3) is 4.06. The summed E-state index contributed by atoms with van der Waals surface area (Å²) in [7, 11) is 0. The topological polar surface area (TPSA) is 92.4 Å². The third-order valence-electron chi connectivity index (χ3n) is 3.22. The molecule has 5 heteroatoms. The van der Waals surface area contributed by atoms with E-state index in [1.807, 2.05) is 6.92 Å². The molecule has 0 heterocycles. The molecular formula is C14H20N2O3. The summed E-state index contributed by atoms with van der Waals surface area (Å²) in [5.41, 5.74) is 6.86. The number of aromatic carboxylic acids is 1. The van der Waals surface area contributed by atoms with Crippen LogP contribution in [-0.4, -0.2) is 23.5 Å². The highest BCUT2D eigenvalue weighted by molar-refractivity contribution is 5.96. The van der Waals surface area contributed by atoms with Crippen LogP contribution in [0, 0.1) is 12.8 Å². The molecule has 0 aliphatic carbocycles. The predicted molar refractivity (Wildman–Crippen MR) is 74.2 cm³/mol. The fourth-order valence-corrected chi connectivity index (χ4v) is 1.86. The first-order valence-corrected chi connectivity index (χ1v) is 6.32. The van der Waals surface area contributed by atoms with Crippen molar-refractivity contribution in [2.75, 3.05) is 11.9 Å². The minimum Gasteiger partial charge on any atom is -0.478 e. The molecule has 1 rings (SSSR count). The van der Waals surface area contributed by atoms with Gasteiger partial charge in [-0.3, -0.25) is 4.79 Å². The van der Waals surface area contributed by atoms with E-state index in [0.29, 0.717) is 24.2 Å². The van der Waals surface area contributed by atoms with Gasteiger partial charge in [-0.2, -0.15) is 0 Å². The van der Waals surface area contributed by atoms with Crippen LogP contribution in [-0.2, 0) is 4.79 Å². The van der Waals surface area contributed by atoms with Crippen molar-refractivity contribution in [1.29, 1.82) is 0 Å². The van der Waals surface area contributed by atoms with Gasteiger partial charge >= 0.3 is 5.97 Å². The monoisotopic (exact) mass is 264 g/mol. The van der Waals surface area contributed by atoms with Crippen molar-refractivity contribution in [2.24, 2.45) is 11.7 Å². The Bertz CT molecular complexity index is 468. The molecule has 0 saturated heterocycles. The van der Waals surface area contributed by atoms with Gasteiger partial charge in [0.15, 0.2) is 0 Å². The van der Waals surface area contributed by atoms with Gasteiger partial charge in [-0.15, -0.1) is 0 Å². The van der Waals surface area contributed by atoms with E-state index in [1.54, 1.807) is 19.1 Å². The van der Waals surface area contributed by atoms with Crippen molar-refractivity contribution in [1.82, 2.24) is 0 Å². The second-order valence-corrected chi connectivity index (χ2v) is 4.55. The number of hydrogen-bond acceptors (Lipinski definition) is 3. The largest absolute Gasteiger partial charge is 0.478 e. The summed E-state index contributed by atoms with van der Waals surface area (Å²) in [6, 6.07) is 4.83. The highest BCUT2D eigenvalue weighted by Gasteiger charge is 2.14. The van der Waals surface area contributed by atoms with Crippen molar-refractivity contribution in [3.63, 3.8) is 0 Å². The second-order valence-electron chi connectivity index (χ2n) is 4.55. The fourth-order valence-electron chi connectivity index (χ4n) is 1.86. The number of carbonyl (C=O) groups is 2. The summed E-state index contributed by atoms with van der Waals surface area (Å²) in [5.74, 6) is -0.979. The number of amides is 1. The average Bonchev–Trinajstić information content (AvgIpc) is 2.38. The predicted octanol–water partition coefficient (Wildman–Crippen LogP) is 2.01. The van der Waals surface area contributed by atoms with Crippen molar-refractivity contribution < 1.29 is 14.7 Å². The van der Waals surface area contributed by atoms with Crippen molar-refractivity contribution >= 4 is 17.6 Å². The van der Waals surface area contributed by atoms with E-state index in [1.165, 1.54) is 6.07 Å². The van der Waals surface area contributed by atoms with Crippen LogP contribution in [0.3, 0.4) is 0 Å². The summed E-state index contributed by atoms with van der Waals surface area (Å²) in [6.45, 7) is 4.14. The molecule has 0 aromatic heterocycles. The Kier molecular flexibility index (Phi) is 5.51. The van der Waals surface area contributed by atoms with E-state index >= 15 is 0 Å². The van der Waals surface area contributed by atoms with E-state index in [4.69, 9.17) is 10.8 Å². The number of hydrogen-bond donors (Lipinski definition) is 3. The Morgan fingerprint density at radius 3 is 2.63 bits per heavy atom. The quantitative estimate of drug-likeness (QED) is 0.732. The lowest BCUT2D eigenvalue weighted by Crippen LogP contribution is -2.22. The molecule has 0 bridgehead atoms. The Labute approximate surface area is 112 Å². The van der Waals surface area contributed by atoms with Crippen LogP contribution in [0.1, 0.15) is 35.7 Å². The Balaban J connectivity index is 2.80. The Hall–Kier alpha value is -1.88. The number of rotatable bonds is 6. The van der Waals surface area contributed by atoms with Crippen LogP contribution in [0.15, 0.2) is 18.2 Å².